The molecular formula is C15H21NO. The minimum absolute atomic E-state index is 0.105. The summed E-state index contributed by atoms with van der Waals surface area (Å²) in [6.45, 7) is 1.01. The first-order chi connectivity index (χ1) is 8.34. The second-order valence-corrected chi connectivity index (χ2v) is 5.45. The van der Waals surface area contributed by atoms with Crippen LogP contribution in [0.1, 0.15) is 37.7 Å². The van der Waals surface area contributed by atoms with Crippen LogP contribution in [-0.2, 0) is 6.54 Å². The van der Waals surface area contributed by atoms with Gasteiger partial charge in [0.2, 0.25) is 0 Å². The maximum atomic E-state index is 10.2. The van der Waals surface area contributed by atoms with Gasteiger partial charge in [-0.15, -0.1) is 0 Å². The van der Waals surface area contributed by atoms with Crippen LogP contribution >= 0.6 is 0 Å². The van der Waals surface area contributed by atoms with Crippen LogP contribution in [0, 0.1) is 0 Å². The maximum Gasteiger partial charge on any atom is 0.0695 e. The first-order valence-electron chi connectivity index (χ1n) is 6.82. The maximum absolute atomic E-state index is 10.2. The lowest BCUT2D eigenvalue weighted by Gasteiger charge is -2.30. The first kappa shape index (κ1) is 11.2. The molecule has 0 amide bonds. The Morgan fingerprint density at radius 3 is 2.71 bits per heavy atom. The SMILES string of the molecule is O[C@H]1CCC[C@H]2CC[C@H]1N2Cc1ccccc1. The van der Waals surface area contributed by atoms with Crippen LogP contribution in [0.4, 0.5) is 0 Å². The monoisotopic (exact) mass is 231 g/mol. The molecule has 0 aromatic heterocycles. The molecule has 2 bridgehead atoms. The van der Waals surface area contributed by atoms with Crippen molar-refractivity contribution >= 4 is 0 Å². The third-order valence-electron chi connectivity index (χ3n) is 4.38. The van der Waals surface area contributed by atoms with E-state index in [1.54, 1.807) is 0 Å². The van der Waals surface area contributed by atoms with Gasteiger partial charge in [0, 0.05) is 18.6 Å². The van der Waals surface area contributed by atoms with Crippen LogP contribution in [-0.4, -0.2) is 28.2 Å². The van der Waals surface area contributed by atoms with Crippen molar-refractivity contribution < 1.29 is 5.11 Å². The summed E-state index contributed by atoms with van der Waals surface area (Å²) >= 11 is 0. The Bertz CT molecular complexity index is 364. The van der Waals surface area contributed by atoms with E-state index in [1.807, 2.05) is 0 Å². The Labute approximate surface area is 103 Å². The van der Waals surface area contributed by atoms with Crippen molar-refractivity contribution in [2.75, 3.05) is 0 Å². The standard InChI is InChI=1S/C15H21NO/c17-15-8-4-7-13-9-10-14(15)16(13)11-12-5-2-1-3-6-12/h1-3,5-6,13-15,17H,4,7-11H2/t13-,14+,15-/m0/s1. The zero-order valence-corrected chi connectivity index (χ0v) is 10.3. The van der Waals surface area contributed by atoms with Crippen molar-refractivity contribution in [3.05, 3.63) is 35.9 Å². The molecule has 1 aromatic carbocycles. The fourth-order valence-corrected chi connectivity index (χ4v) is 3.48. The highest BCUT2D eigenvalue weighted by Crippen LogP contribution is 2.35. The van der Waals surface area contributed by atoms with Crippen molar-refractivity contribution in [1.82, 2.24) is 4.90 Å². The molecule has 3 rings (SSSR count). The number of hydrogen-bond donors (Lipinski definition) is 1. The topological polar surface area (TPSA) is 23.5 Å². The number of fused-ring (bicyclic) bond motifs is 2. The van der Waals surface area contributed by atoms with E-state index in [4.69, 9.17) is 0 Å². The van der Waals surface area contributed by atoms with Gasteiger partial charge in [-0.2, -0.15) is 0 Å². The second kappa shape index (κ2) is 4.79. The number of nitrogens with zero attached hydrogens (tertiary/aromatic N) is 1. The van der Waals surface area contributed by atoms with Crippen LogP contribution in [0.5, 0.6) is 0 Å². The zero-order valence-electron chi connectivity index (χ0n) is 10.3. The number of benzene rings is 1. The summed E-state index contributed by atoms with van der Waals surface area (Å²) in [6, 6.07) is 11.8. The lowest BCUT2D eigenvalue weighted by molar-refractivity contribution is 0.0624. The van der Waals surface area contributed by atoms with Crippen molar-refractivity contribution in [1.29, 1.82) is 0 Å². The van der Waals surface area contributed by atoms with E-state index in [1.165, 1.54) is 31.2 Å². The van der Waals surface area contributed by atoms with Crippen LogP contribution < -0.4 is 0 Å². The molecule has 2 saturated heterocycles. The van der Waals surface area contributed by atoms with E-state index in [-0.39, 0.29) is 6.10 Å². The molecule has 2 aliphatic heterocycles. The van der Waals surface area contributed by atoms with Crippen molar-refractivity contribution in [3.63, 3.8) is 0 Å². The Balaban J connectivity index is 1.77. The van der Waals surface area contributed by atoms with Crippen molar-refractivity contribution in [2.45, 2.75) is 56.8 Å². The van der Waals surface area contributed by atoms with E-state index in [0.29, 0.717) is 12.1 Å². The molecule has 1 N–H and O–H groups in total. The van der Waals surface area contributed by atoms with Gasteiger partial charge in [-0.05, 0) is 37.7 Å². The molecule has 17 heavy (non-hydrogen) atoms. The molecule has 0 unspecified atom stereocenters. The third-order valence-corrected chi connectivity index (χ3v) is 4.38. The van der Waals surface area contributed by atoms with E-state index in [9.17, 15) is 5.11 Å². The molecule has 92 valence electrons. The molecule has 2 aliphatic rings. The Hall–Kier alpha value is -0.860. The summed E-state index contributed by atoms with van der Waals surface area (Å²) in [5.74, 6) is 0. The minimum Gasteiger partial charge on any atom is -0.391 e. The van der Waals surface area contributed by atoms with Gasteiger partial charge in [0.25, 0.3) is 0 Å². The van der Waals surface area contributed by atoms with E-state index in [0.717, 1.165) is 13.0 Å². The highest BCUT2D eigenvalue weighted by atomic mass is 16.3. The fourth-order valence-electron chi connectivity index (χ4n) is 3.48. The van der Waals surface area contributed by atoms with Gasteiger partial charge in [0.05, 0.1) is 6.10 Å². The van der Waals surface area contributed by atoms with Gasteiger partial charge in [-0.1, -0.05) is 30.3 Å². The zero-order chi connectivity index (χ0) is 11.7. The van der Waals surface area contributed by atoms with Crippen LogP contribution in [0.2, 0.25) is 0 Å². The number of aliphatic hydroxyl groups excluding tert-OH is 1. The van der Waals surface area contributed by atoms with Crippen molar-refractivity contribution in [3.8, 4) is 0 Å². The molecule has 0 spiro atoms. The predicted molar refractivity (Wildman–Crippen MR) is 68.7 cm³/mol. The summed E-state index contributed by atoms with van der Waals surface area (Å²) in [7, 11) is 0. The molecule has 0 radical (unpaired) electrons. The lowest BCUT2D eigenvalue weighted by Crippen LogP contribution is -2.40. The average Bonchev–Trinajstić information content (AvgIpc) is 2.66. The van der Waals surface area contributed by atoms with Crippen LogP contribution in [0.3, 0.4) is 0 Å². The molecule has 2 fully saturated rings. The third kappa shape index (κ3) is 2.24. The summed E-state index contributed by atoms with van der Waals surface area (Å²) in [5.41, 5.74) is 1.37. The molecule has 1 aromatic rings. The van der Waals surface area contributed by atoms with E-state index >= 15 is 0 Å². The quantitative estimate of drug-likeness (QED) is 0.845. The molecule has 2 heterocycles. The van der Waals surface area contributed by atoms with E-state index in [2.05, 4.69) is 35.2 Å². The van der Waals surface area contributed by atoms with Crippen LogP contribution in [0.25, 0.3) is 0 Å². The molecule has 0 saturated carbocycles. The number of rotatable bonds is 2. The number of aliphatic hydroxyl groups is 1. The fraction of sp³-hybridized carbons (Fsp3) is 0.600. The molecule has 3 atom stereocenters. The molecule has 2 heteroatoms. The highest BCUT2D eigenvalue weighted by Gasteiger charge is 2.39. The normalized spacial score (nSPS) is 33.6. The van der Waals surface area contributed by atoms with Gasteiger partial charge < -0.3 is 5.11 Å². The summed E-state index contributed by atoms with van der Waals surface area (Å²) < 4.78 is 0. The van der Waals surface area contributed by atoms with Gasteiger partial charge in [0.1, 0.15) is 0 Å². The minimum atomic E-state index is -0.105. The summed E-state index contributed by atoms with van der Waals surface area (Å²) in [4.78, 5) is 2.55. The van der Waals surface area contributed by atoms with Gasteiger partial charge in [-0.25, -0.2) is 0 Å². The van der Waals surface area contributed by atoms with Crippen LogP contribution in [0.15, 0.2) is 30.3 Å². The first-order valence-corrected chi connectivity index (χ1v) is 6.82. The number of hydrogen-bond acceptors (Lipinski definition) is 2. The smallest absolute Gasteiger partial charge is 0.0695 e. The predicted octanol–water partition coefficient (Wildman–Crippen LogP) is 2.56. The lowest BCUT2D eigenvalue weighted by atomic mass is 9.99. The molecule has 0 aliphatic carbocycles. The highest BCUT2D eigenvalue weighted by molar-refractivity contribution is 5.15. The summed E-state index contributed by atoms with van der Waals surface area (Å²) in [5, 5.41) is 10.2. The van der Waals surface area contributed by atoms with Crippen molar-refractivity contribution in [2.24, 2.45) is 0 Å². The summed E-state index contributed by atoms with van der Waals surface area (Å²) in [6.07, 6.45) is 5.79. The Kier molecular flexibility index (Phi) is 3.17. The molecular weight excluding hydrogens is 210 g/mol. The van der Waals surface area contributed by atoms with Gasteiger partial charge in [-0.3, -0.25) is 4.90 Å². The Morgan fingerprint density at radius 2 is 1.88 bits per heavy atom. The van der Waals surface area contributed by atoms with Gasteiger partial charge >= 0.3 is 0 Å². The molecule has 2 nitrogen and oxygen atoms in total. The average molecular weight is 231 g/mol. The Morgan fingerprint density at radius 1 is 1.06 bits per heavy atom. The largest absolute Gasteiger partial charge is 0.391 e. The second-order valence-electron chi connectivity index (χ2n) is 5.45. The van der Waals surface area contributed by atoms with Gasteiger partial charge in [0.15, 0.2) is 0 Å². The van der Waals surface area contributed by atoms with E-state index < -0.39 is 0 Å².